The highest BCUT2D eigenvalue weighted by atomic mass is 32.1. The Morgan fingerprint density at radius 2 is 0.354 bits per heavy atom. The van der Waals surface area contributed by atoms with Crippen LogP contribution in [0.5, 0.6) is 0 Å². The average molecular weight is 1730 g/mol. The van der Waals surface area contributed by atoms with E-state index in [1.807, 2.05) is 29.5 Å². The van der Waals surface area contributed by atoms with Crippen LogP contribution in [0.3, 0.4) is 0 Å². The monoisotopic (exact) mass is 1730 g/mol. The van der Waals surface area contributed by atoms with E-state index < -0.39 is 0 Å². The molecule has 18 aromatic carbocycles. The quantitative estimate of drug-likeness (QED) is 0.108. The van der Waals surface area contributed by atoms with Crippen molar-refractivity contribution >= 4 is 126 Å². The van der Waals surface area contributed by atoms with Crippen molar-refractivity contribution in [3.63, 3.8) is 0 Å². The third-order valence-corrected chi connectivity index (χ3v) is 28.6. The van der Waals surface area contributed by atoms with Crippen molar-refractivity contribution < 1.29 is 0 Å². The largest absolute Gasteiger partial charge is 0.227 e. The fraction of sp³-hybridized carbons (Fsp3) is 0. The Kier molecular flexibility index (Phi) is 21.1. The molecular formula is C120H76N6S4. The molecule has 25 rings (SSSR count). The van der Waals surface area contributed by atoms with Crippen LogP contribution in [-0.2, 0) is 0 Å². The van der Waals surface area contributed by atoms with Gasteiger partial charge in [-0.25, -0.2) is 29.9 Å². The minimum Gasteiger partial charge on any atom is -0.227 e. The van der Waals surface area contributed by atoms with Crippen LogP contribution in [-0.4, -0.2) is 29.9 Å². The minimum absolute atomic E-state index is 0.742. The van der Waals surface area contributed by atoms with Gasteiger partial charge in [-0.05, 0) is 156 Å². The first-order valence-corrected chi connectivity index (χ1v) is 46.8. The smallest absolute Gasteiger partial charge is 0.161 e. The lowest BCUT2D eigenvalue weighted by atomic mass is 9.95. The van der Waals surface area contributed by atoms with Crippen LogP contribution in [0.1, 0.15) is 0 Å². The molecule has 6 nitrogen and oxygen atoms in total. The van der Waals surface area contributed by atoms with E-state index >= 15 is 0 Å². The molecule has 0 spiro atoms. The van der Waals surface area contributed by atoms with Crippen LogP contribution in [0.15, 0.2) is 461 Å². The molecule has 0 N–H and O–H groups in total. The van der Waals surface area contributed by atoms with Crippen LogP contribution in [0.4, 0.5) is 0 Å². The number of hydrogen-bond donors (Lipinski definition) is 0. The summed E-state index contributed by atoms with van der Waals surface area (Å²) in [5, 5.41) is 9.62. The summed E-state index contributed by atoms with van der Waals surface area (Å²) in [6.45, 7) is 0. The van der Waals surface area contributed by atoms with Gasteiger partial charge in [0.15, 0.2) is 17.5 Å². The van der Waals surface area contributed by atoms with E-state index in [0.29, 0.717) is 0 Å². The normalized spacial score (nSPS) is 11.4. The summed E-state index contributed by atoms with van der Waals surface area (Å²) in [4.78, 5) is 34.0. The molecule has 610 valence electrons. The zero-order valence-corrected chi connectivity index (χ0v) is 73.5. The summed E-state index contributed by atoms with van der Waals surface area (Å²) in [7, 11) is 0. The molecule has 7 heterocycles. The van der Waals surface area contributed by atoms with Gasteiger partial charge in [0, 0.05) is 100.0 Å². The summed E-state index contributed by atoms with van der Waals surface area (Å²) in [6, 6.07) is 163. The van der Waals surface area contributed by atoms with Crippen molar-refractivity contribution in [3.05, 3.63) is 461 Å². The van der Waals surface area contributed by atoms with Gasteiger partial charge < -0.3 is 0 Å². The number of fused-ring (bicyclic) bond motifs is 12. The SMILES string of the molecule is c1ccc(-c2ccc(-c3cccc(-c4cccc(-c5nc(-c6ccccc6)c6c(n5)sc5ccccc56)c4)c3)cc2)cc1.c1ccc(-c2cccc(-c3cccc(-c4cccc(-c5nc(-c6ccccc6)c6c(n5)sc5ccccc56)c4)c3)c2)cc1.c1ccc(-c2nc(-c3cccc(-c4cccc(-c5cccc6c5sc5ccccc56)c4)c3)nc3sc4ccccc4c23)cc1. The van der Waals surface area contributed by atoms with Crippen molar-refractivity contribution in [2.75, 3.05) is 0 Å². The summed E-state index contributed by atoms with van der Waals surface area (Å²) in [6.07, 6.45) is 0. The highest BCUT2D eigenvalue weighted by molar-refractivity contribution is 7.27. The van der Waals surface area contributed by atoms with Gasteiger partial charge in [-0.15, -0.1) is 45.3 Å². The summed E-state index contributed by atoms with van der Waals surface area (Å²) in [5.41, 5.74) is 28.3. The Morgan fingerprint density at radius 3 is 0.692 bits per heavy atom. The second-order valence-electron chi connectivity index (χ2n) is 32.3. The molecule has 0 unspecified atom stereocenters. The average Bonchev–Trinajstić information content (AvgIpc) is 1.63. The second kappa shape index (κ2) is 34.8. The Labute approximate surface area is 768 Å². The first-order valence-electron chi connectivity index (χ1n) is 43.5. The molecular weight excluding hydrogens is 1650 g/mol. The number of thiophene rings is 4. The van der Waals surface area contributed by atoms with E-state index in [4.69, 9.17) is 29.9 Å². The van der Waals surface area contributed by atoms with E-state index in [1.165, 1.54) is 112 Å². The van der Waals surface area contributed by atoms with Crippen LogP contribution in [0, 0.1) is 0 Å². The van der Waals surface area contributed by atoms with E-state index in [0.717, 1.165) is 126 Å². The van der Waals surface area contributed by atoms with E-state index in [9.17, 15) is 0 Å². The van der Waals surface area contributed by atoms with Gasteiger partial charge in [0.25, 0.3) is 0 Å². The van der Waals surface area contributed by atoms with Crippen LogP contribution < -0.4 is 0 Å². The van der Waals surface area contributed by atoms with E-state index in [-0.39, 0.29) is 0 Å². The third-order valence-electron chi connectivity index (χ3n) is 24.2. The van der Waals surface area contributed by atoms with Crippen molar-refractivity contribution in [3.8, 4) is 157 Å². The van der Waals surface area contributed by atoms with E-state index in [1.54, 1.807) is 34.0 Å². The molecule has 0 aliphatic carbocycles. The maximum absolute atomic E-state index is 5.22. The minimum atomic E-state index is 0.742. The fourth-order valence-electron chi connectivity index (χ4n) is 17.8. The molecule has 0 radical (unpaired) electrons. The Morgan fingerprint density at radius 1 is 0.138 bits per heavy atom. The maximum Gasteiger partial charge on any atom is 0.161 e. The Bertz CT molecular complexity index is 8540. The van der Waals surface area contributed by atoms with Crippen molar-refractivity contribution in [1.29, 1.82) is 0 Å². The standard InChI is InChI=1S/C40H24N2S2.2C40H26N2S/c1-2-11-25(12-3-1)37-36-33-18-5-7-22-35(33)44-40(36)42-39(41-37)29-16-9-14-27(24-29)26-13-8-15-28(23-26)30-19-10-20-32-31-17-4-6-21-34(31)43-38(30)32;1-3-12-27(13-4-1)29-16-9-17-30(24-29)31-18-10-19-32(25-31)33-20-11-21-34(26-33)39-41-38(28-14-5-2-6-15-28)37-35-22-7-8-23-36(35)43-40(37)42-39;1-3-11-27(12-4-1)28-21-23-29(24-22-28)31-15-9-16-32(25-31)33-17-10-18-34(26-33)39-41-38(30-13-5-2-6-14-30)37-35-19-7-8-20-36(35)43-40(37)42-39/h1-24H;2*1-26H. The molecule has 0 fully saturated rings. The topological polar surface area (TPSA) is 77.3 Å². The zero-order chi connectivity index (χ0) is 86.2. The van der Waals surface area contributed by atoms with Crippen LogP contribution in [0.2, 0.25) is 0 Å². The summed E-state index contributed by atoms with van der Waals surface area (Å²) < 4.78 is 6.33. The molecule has 7 aromatic heterocycles. The van der Waals surface area contributed by atoms with Gasteiger partial charge in [-0.3, -0.25) is 0 Å². The molecule has 25 aromatic rings. The third kappa shape index (κ3) is 15.6. The molecule has 0 saturated heterocycles. The number of hydrogen-bond acceptors (Lipinski definition) is 10. The lowest BCUT2D eigenvalue weighted by Gasteiger charge is -2.10. The molecule has 10 heteroatoms. The van der Waals surface area contributed by atoms with E-state index in [2.05, 4.69) is 443 Å². The van der Waals surface area contributed by atoms with Gasteiger partial charge in [0.2, 0.25) is 0 Å². The van der Waals surface area contributed by atoms with Gasteiger partial charge >= 0.3 is 0 Å². The molecule has 0 aliphatic rings. The maximum atomic E-state index is 5.22. The lowest BCUT2D eigenvalue weighted by Crippen LogP contribution is -1.94. The highest BCUT2D eigenvalue weighted by Crippen LogP contribution is 2.47. The van der Waals surface area contributed by atoms with Crippen molar-refractivity contribution in [1.82, 2.24) is 29.9 Å². The molecule has 0 aliphatic heterocycles. The van der Waals surface area contributed by atoms with Gasteiger partial charge in [-0.1, -0.05) is 394 Å². The fourth-order valence-corrected chi connectivity index (χ4v) is 22.2. The zero-order valence-electron chi connectivity index (χ0n) is 70.2. The van der Waals surface area contributed by atoms with Gasteiger partial charge in [-0.2, -0.15) is 0 Å². The molecule has 0 amide bonds. The Hall–Kier alpha value is -15.9. The summed E-state index contributed by atoms with van der Waals surface area (Å²) in [5.74, 6) is 2.23. The predicted octanol–water partition coefficient (Wildman–Crippen LogP) is 34.2. The Balaban J connectivity index is 0.000000111. The van der Waals surface area contributed by atoms with Gasteiger partial charge in [0.1, 0.15) is 14.5 Å². The van der Waals surface area contributed by atoms with Crippen LogP contribution >= 0.6 is 45.3 Å². The molecule has 0 atom stereocenters. The number of aromatic nitrogens is 6. The first-order chi connectivity index (χ1) is 64.4. The second-order valence-corrected chi connectivity index (χ2v) is 36.4. The number of nitrogens with zero attached hydrogens (tertiary/aromatic N) is 6. The highest BCUT2D eigenvalue weighted by Gasteiger charge is 2.23. The van der Waals surface area contributed by atoms with Crippen molar-refractivity contribution in [2.45, 2.75) is 0 Å². The number of benzene rings is 18. The first kappa shape index (κ1) is 78.8. The molecule has 0 saturated carbocycles. The summed E-state index contributed by atoms with van der Waals surface area (Å²) >= 11 is 7.06. The predicted molar refractivity (Wildman–Crippen MR) is 554 cm³/mol. The molecule has 130 heavy (non-hydrogen) atoms. The molecule has 0 bridgehead atoms. The number of rotatable bonds is 14. The van der Waals surface area contributed by atoms with Gasteiger partial charge in [0.05, 0.1) is 17.1 Å². The lowest BCUT2D eigenvalue weighted by molar-refractivity contribution is 1.24. The van der Waals surface area contributed by atoms with Crippen molar-refractivity contribution in [2.24, 2.45) is 0 Å². The van der Waals surface area contributed by atoms with Crippen LogP contribution in [0.25, 0.3) is 238 Å².